The van der Waals surface area contributed by atoms with Gasteiger partial charge in [0, 0.05) is 36.5 Å². The summed E-state index contributed by atoms with van der Waals surface area (Å²) in [6, 6.07) is 16.3. The van der Waals surface area contributed by atoms with Gasteiger partial charge in [0.2, 0.25) is 0 Å². The van der Waals surface area contributed by atoms with E-state index >= 15 is 0 Å². The number of benzene rings is 2. The molecule has 7 heteroatoms. The van der Waals surface area contributed by atoms with E-state index in [1.54, 1.807) is 32.2 Å². The van der Waals surface area contributed by atoms with E-state index in [-0.39, 0.29) is 6.10 Å². The van der Waals surface area contributed by atoms with Crippen molar-refractivity contribution in [2.75, 3.05) is 27.0 Å². The molecular weight excluding hydrogens is 386 g/mol. The third-order valence-corrected chi connectivity index (χ3v) is 6.44. The molecule has 3 aromatic rings. The summed E-state index contributed by atoms with van der Waals surface area (Å²) in [6.07, 6.45) is 6.49. The normalized spacial score (nSPS) is 22.0. The van der Waals surface area contributed by atoms with Crippen LogP contribution in [0.3, 0.4) is 0 Å². The summed E-state index contributed by atoms with van der Waals surface area (Å²) in [5.74, 6) is 2.53. The highest BCUT2D eigenvalue weighted by Gasteiger charge is 2.48. The predicted octanol–water partition coefficient (Wildman–Crippen LogP) is 4.03. The van der Waals surface area contributed by atoms with Gasteiger partial charge in [0.25, 0.3) is 0 Å². The Balaban J connectivity index is 1.57. The molecule has 0 unspecified atom stereocenters. The van der Waals surface area contributed by atoms with Crippen molar-refractivity contribution in [1.29, 1.82) is 0 Å². The maximum absolute atomic E-state index is 6.29. The van der Waals surface area contributed by atoms with E-state index in [0.717, 1.165) is 29.2 Å². The summed E-state index contributed by atoms with van der Waals surface area (Å²) < 4.78 is 12.8. The van der Waals surface area contributed by atoms with E-state index in [2.05, 4.69) is 33.8 Å². The molecule has 1 aliphatic rings. The van der Waals surface area contributed by atoms with Crippen LogP contribution in [0.5, 0.6) is 11.5 Å². The molecule has 29 heavy (non-hydrogen) atoms. The number of aromatic nitrogens is 2. The molecule has 1 aliphatic heterocycles. The van der Waals surface area contributed by atoms with Crippen LogP contribution in [0.25, 0.3) is 0 Å². The number of methoxy groups -OCH3 is 2. The summed E-state index contributed by atoms with van der Waals surface area (Å²) in [6.45, 7) is 0. The first-order valence-corrected chi connectivity index (χ1v) is 10.4. The molecule has 1 saturated heterocycles. The van der Waals surface area contributed by atoms with Crippen molar-refractivity contribution in [3.63, 3.8) is 0 Å². The van der Waals surface area contributed by atoms with Crippen molar-refractivity contribution in [3.05, 3.63) is 72.8 Å². The number of hydrogen-bond donors (Lipinski definition) is 0. The fraction of sp³-hybridized carbons (Fsp3) is 0.318. The summed E-state index contributed by atoms with van der Waals surface area (Å²) in [5, 5.41) is 1.95. The Hall–Kier alpha value is -2.48. The van der Waals surface area contributed by atoms with Crippen molar-refractivity contribution in [3.8, 4) is 11.5 Å². The Morgan fingerprint density at radius 3 is 2.62 bits per heavy atom. The number of hydroxylamine groups is 2. The van der Waals surface area contributed by atoms with E-state index in [1.807, 2.05) is 48.9 Å². The third-order valence-electron chi connectivity index (χ3n) is 5.30. The molecule has 0 bridgehead atoms. The van der Waals surface area contributed by atoms with E-state index in [9.17, 15) is 0 Å². The van der Waals surface area contributed by atoms with Gasteiger partial charge in [-0.1, -0.05) is 12.1 Å². The van der Waals surface area contributed by atoms with E-state index < -0.39 is 5.66 Å². The van der Waals surface area contributed by atoms with Crippen LogP contribution in [0.4, 0.5) is 0 Å². The first-order valence-electron chi connectivity index (χ1n) is 9.46. The van der Waals surface area contributed by atoms with Gasteiger partial charge in [-0.2, -0.15) is 5.06 Å². The number of ether oxygens (including phenoxy) is 2. The lowest BCUT2D eigenvalue weighted by Crippen LogP contribution is -2.44. The average Bonchev–Trinajstić information content (AvgIpc) is 3.41. The van der Waals surface area contributed by atoms with E-state index in [4.69, 9.17) is 14.3 Å². The molecular formula is C22H25N3O3S. The molecule has 0 radical (unpaired) electrons. The summed E-state index contributed by atoms with van der Waals surface area (Å²) in [4.78, 5) is 11.8. The van der Waals surface area contributed by atoms with Gasteiger partial charge < -0.3 is 14.0 Å². The minimum atomic E-state index is -0.476. The Labute approximate surface area is 175 Å². The molecule has 1 fully saturated rings. The molecule has 1 aromatic heterocycles. The monoisotopic (exact) mass is 411 g/mol. The smallest absolute Gasteiger partial charge is 0.149 e. The van der Waals surface area contributed by atoms with Gasteiger partial charge in [0.1, 0.15) is 17.2 Å². The Kier molecular flexibility index (Phi) is 5.80. The summed E-state index contributed by atoms with van der Waals surface area (Å²) in [7, 11) is 5.35. The van der Waals surface area contributed by atoms with Gasteiger partial charge in [0.15, 0.2) is 0 Å². The molecule has 0 spiro atoms. The minimum absolute atomic E-state index is 0.0562. The lowest BCUT2D eigenvalue weighted by molar-refractivity contribution is -0.173. The van der Waals surface area contributed by atoms with Gasteiger partial charge in [-0.25, -0.2) is 4.98 Å². The topological polar surface area (TPSA) is 48.8 Å². The highest BCUT2D eigenvalue weighted by molar-refractivity contribution is 7.99. The predicted molar refractivity (Wildman–Crippen MR) is 113 cm³/mol. The van der Waals surface area contributed by atoms with Crippen LogP contribution in [0.1, 0.15) is 12.0 Å². The van der Waals surface area contributed by atoms with Crippen LogP contribution < -0.4 is 9.47 Å². The fourth-order valence-electron chi connectivity index (χ4n) is 3.81. The first kappa shape index (κ1) is 19.8. The van der Waals surface area contributed by atoms with Crippen molar-refractivity contribution < 1.29 is 14.3 Å². The molecule has 6 nitrogen and oxygen atoms in total. The van der Waals surface area contributed by atoms with Crippen LogP contribution in [-0.2, 0) is 10.5 Å². The van der Waals surface area contributed by atoms with Crippen LogP contribution >= 0.6 is 11.8 Å². The Bertz CT molecular complexity index is 933. The third kappa shape index (κ3) is 3.85. The van der Waals surface area contributed by atoms with Gasteiger partial charge in [-0.15, -0.1) is 11.8 Å². The van der Waals surface area contributed by atoms with Crippen LogP contribution in [0, 0.1) is 0 Å². The second kappa shape index (κ2) is 8.49. The van der Waals surface area contributed by atoms with Crippen molar-refractivity contribution in [2.45, 2.75) is 23.1 Å². The zero-order valence-electron chi connectivity index (χ0n) is 16.8. The van der Waals surface area contributed by atoms with Gasteiger partial charge >= 0.3 is 0 Å². The number of nitrogens with zero attached hydrogens (tertiary/aromatic N) is 3. The number of imidazole rings is 1. The molecule has 0 N–H and O–H groups in total. The van der Waals surface area contributed by atoms with Crippen molar-refractivity contribution in [2.24, 2.45) is 0 Å². The largest absolute Gasteiger partial charge is 0.497 e. The lowest BCUT2D eigenvalue weighted by atomic mass is 9.93. The number of rotatable bonds is 7. The summed E-state index contributed by atoms with van der Waals surface area (Å²) >= 11 is 1.78. The Morgan fingerprint density at radius 1 is 1.14 bits per heavy atom. The first-order chi connectivity index (χ1) is 14.2. The zero-order valence-corrected chi connectivity index (χ0v) is 17.6. The van der Waals surface area contributed by atoms with Gasteiger partial charge in [0.05, 0.1) is 26.7 Å². The highest BCUT2D eigenvalue weighted by Crippen LogP contribution is 2.43. The van der Waals surface area contributed by atoms with Gasteiger partial charge in [-0.3, -0.25) is 4.84 Å². The molecule has 152 valence electrons. The molecule has 4 rings (SSSR count). The minimum Gasteiger partial charge on any atom is -0.497 e. The molecule has 0 saturated carbocycles. The lowest BCUT2D eigenvalue weighted by Gasteiger charge is -2.35. The van der Waals surface area contributed by atoms with Crippen LogP contribution in [0.2, 0.25) is 0 Å². The number of hydrogen-bond acceptors (Lipinski definition) is 6. The molecule has 0 aliphatic carbocycles. The van der Waals surface area contributed by atoms with Crippen LogP contribution in [-0.4, -0.2) is 47.7 Å². The second-order valence-electron chi connectivity index (χ2n) is 6.93. The maximum atomic E-state index is 6.29. The standard InChI is InChI=1S/C22H25N3O3S/c1-24-22(25-12-11-23-16-25,17-5-4-6-19(13-17)27-3)14-20(28-24)15-29-21-9-7-18(26-2)8-10-21/h4-13,16,20H,14-15H2,1-3H3/t20-,22+/m0/s1. The highest BCUT2D eigenvalue weighted by atomic mass is 32.2. The zero-order chi connectivity index (χ0) is 20.3. The molecule has 2 heterocycles. The second-order valence-corrected chi connectivity index (χ2v) is 8.03. The summed E-state index contributed by atoms with van der Waals surface area (Å²) in [5.41, 5.74) is 0.630. The Morgan fingerprint density at radius 2 is 1.93 bits per heavy atom. The molecule has 2 aromatic carbocycles. The molecule has 2 atom stereocenters. The quantitative estimate of drug-likeness (QED) is 0.547. The fourth-order valence-corrected chi connectivity index (χ4v) is 4.70. The van der Waals surface area contributed by atoms with E-state index in [0.29, 0.717) is 0 Å². The average molecular weight is 412 g/mol. The SMILES string of the molecule is COc1ccc(SC[C@@H]2C[C@](c3cccc(OC)c3)(n3ccnc3)N(C)O2)cc1. The van der Waals surface area contributed by atoms with Crippen molar-refractivity contribution in [1.82, 2.24) is 14.6 Å². The number of thioether (sulfide) groups is 1. The maximum Gasteiger partial charge on any atom is 0.149 e. The molecule has 0 amide bonds. The van der Waals surface area contributed by atoms with Gasteiger partial charge in [-0.05, 0) is 42.0 Å². The van der Waals surface area contributed by atoms with Crippen LogP contribution in [0.15, 0.2) is 72.1 Å². The van der Waals surface area contributed by atoms with E-state index in [1.165, 1.54) is 4.90 Å². The van der Waals surface area contributed by atoms with Crippen molar-refractivity contribution >= 4 is 11.8 Å².